The van der Waals surface area contributed by atoms with Crippen molar-refractivity contribution in [3.05, 3.63) is 35.9 Å². The van der Waals surface area contributed by atoms with Crippen molar-refractivity contribution in [2.24, 2.45) is 0 Å². The highest BCUT2D eigenvalue weighted by Gasteiger charge is 2.17. The Kier molecular flexibility index (Phi) is 8.91. The molecule has 7 heteroatoms. The molecule has 0 aliphatic carbocycles. The molecule has 2 atom stereocenters. The number of hydrogen-bond donors (Lipinski definition) is 2. The second-order valence-corrected chi connectivity index (χ2v) is 5.82. The van der Waals surface area contributed by atoms with Crippen LogP contribution in [0.15, 0.2) is 30.3 Å². The molecule has 0 spiro atoms. The third-order valence-corrected chi connectivity index (χ3v) is 3.62. The molecular formula is C19H26N2O5. The van der Waals surface area contributed by atoms with E-state index in [1.165, 1.54) is 13.0 Å². The fraction of sp³-hybridized carbons (Fsp3) is 0.421. The second kappa shape index (κ2) is 10.9. The smallest absolute Gasteiger partial charge is 0.328 e. The Morgan fingerprint density at radius 3 is 2.35 bits per heavy atom. The molecule has 0 bridgehead atoms. The van der Waals surface area contributed by atoms with Crippen LogP contribution in [-0.2, 0) is 19.1 Å². The van der Waals surface area contributed by atoms with Gasteiger partial charge in [0.1, 0.15) is 11.8 Å². The van der Waals surface area contributed by atoms with E-state index in [4.69, 9.17) is 9.47 Å². The van der Waals surface area contributed by atoms with Crippen molar-refractivity contribution in [2.75, 3.05) is 13.7 Å². The Morgan fingerprint density at radius 2 is 1.77 bits per heavy atom. The Hall–Kier alpha value is -2.83. The molecule has 1 aromatic rings. The molecule has 0 aliphatic heterocycles. The SMILES string of the molecule is CC[C@H](C)NC(=O)COC(=O)[C@H](C)NC(=O)/C=C/c1ccc(OC)cc1. The van der Waals surface area contributed by atoms with Gasteiger partial charge in [0.05, 0.1) is 7.11 Å². The maximum Gasteiger partial charge on any atom is 0.328 e. The summed E-state index contributed by atoms with van der Waals surface area (Å²) in [5.41, 5.74) is 0.817. The van der Waals surface area contributed by atoms with Gasteiger partial charge in [-0.1, -0.05) is 19.1 Å². The zero-order valence-corrected chi connectivity index (χ0v) is 15.6. The molecular weight excluding hydrogens is 336 g/mol. The van der Waals surface area contributed by atoms with E-state index >= 15 is 0 Å². The number of esters is 1. The number of methoxy groups -OCH3 is 1. The molecule has 0 saturated carbocycles. The summed E-state index contributed by atoms with van der Waals surface area (Å²) in [6.45, 7) is 4.92. The van der Waals surface area contributed by atoms with Gasteiger partial charge in [-0.25, -0.2) is 4.79 Å². The lowest BCUT2D eigenvalue weighted by Gasteiger charge is -2.14. The summed E-state index contributed by atoms with van der Waals surface area (Å²) in [7, 11) is 1.58. The number of nitrogens with one attached hydrogen (secondary N) is 2. The predicted molar refractivity (Wildman–Crippen MR) is 98.5 cm³/mol. The first-order chi connectivity index (χ1) is 12.3. The van der Waals surface area contributed by atoms with E-state index in [2.05, 4.69) is 10.6 Å². The van der Waals surface area contributed by atoms with Crippen LogP contribution in [0.5, 0.6) is 5.75 Å². The van der Waals surface area contributed by atoms with Crippen LogP contribution in [0.3, 0.4) is 0 Å². The predicted octanol–water partition coefficient (Wildman–Crippen LogP) is 1.67. The van der Waals surface area contributed by atoms with Gasteiger partial charge >= 0.3 is 5.97 Å². The molecule has 26 heavy (non-hydrogen) atoms. The molecule has 2 amide bonds. The number of benzene rings is 1. The van der Waals surface area contributed by atoms with Crippen molar-refractivity contribution in [1.29, 1.82) is 0 Å². The highest BCUT2D eigenvalue weighted by molar-refractivity contribution is 5.94. The number of hydrogen-bond acceptors (Lipinski definition) is 5. The number of carbonyl (C=O) groups excluding carboxylic acids is 3. The van der Waals surface area contributed by atoms with Gasteiger partial charge in [0.2, 0.25) is 5.91 Å². The van der Waals surface area contributed by atoms with Crippen LogP contribution in [0.4, 0.5) is 0 Å². The Morgan fingerprint density at radius 1 is 1.12 bits per heavy atom. The van der Waals surface area contributed by atoms with Crippen molar-refractivity contribution in [3.8, 4) is 5.75 Å². The van der Waals surface area contributed by atoms with Crippen molar-refractivity contribution in [1.82, 2.24) is 10.6 Å². The van der Waals surface area contributed by atoms with Crippen LogP contribution in [-0.4, -0.2) is 43.6 Å². The third kappa shape index (κ3) is 7.83. The molecule has 1 aromatic carbocycles. The van der Waals surface area contributed by atoms with Gasteiger partial charge in [-0.3, -0.25) is 9.59 Å². The van der Waals surface area contributed by atoms with Crippen molar-refractivity contribution < 1.29 is 23.9 Å². The minimum atomic E-state index is -0.862. The van der Waals surface area contributed by atoms with E-state index in [0.717, 1.165) is 17.7 Å². The average Bonchev–Trinajstić information content (AvgIpc) is 2.64. The molecule has 7 nitrogen and oxygen atoms in total. The van der Waals surface area contributed by atoms with Gasteiger partial charge < -0.3 is 20.1 Å². The van der Waals surface area contributed by atoms with Crippen molar-refractivity contribution in [3.63, 3.8) is 0 Å². The van der Waals surface area contributed by atoms with E-state index < -0.39 is 17.9 Å². The van der Waals surface area contributed by atoms with Gasteiger partial charge in [0.15, 0.2) is 6.61 Å². The van der Waals surface area contributed by atoms with Crippen LogP contribution in [0, 0.1) is 0 Å². The summed E-state index contributed by atoms with van der Waals surface area (Å²) in [6, 6.07) is 6.32. The van der Waals surface area contributed by atoms with Gasteiger partial charge in [-0.05, 0) is 44.0 Å². The number of rotatable bonds is 9. The Labute approximate surface area is 153 Å². The standard InChI is InChI=1S/C19H26N2O5/c1-5-13(2)20-18(23)12-26-19(24)14(3)21-17(22)11-8-15-6-9-16(25-4)10-7-15/h6-11,13-14H,5,12H2,1-4H3,(H,20,23)(H,21,22)/b11-8+/t13-,14-/m0/s1. The molecule has 0 fully saturated rings. The maximum absolute atomic E-state index is 11.9. The molecule has 1 rings (SSSR count). The summed E-state index contributed by atoms with van der Waals surface area (Å²) in [5.74, 6) is -0.754. The first-order valence-corrected chi connectivity index (χ1v) is 8.44. The Balaban J connectivity index is 2.41. The third-order valence-electron chi connectivity index (χ3n) is 3.62. The highest BCUT2D eigenvalue weighted by atomic mass is 16.5. The van der Waals surface area contributed by atoms with Crippen LogP contribution in [0.25, 0.3) is 6.08 Å². The number of ether oxygens (including phenoxy) is 2. The number of amides is 2. The first kappa shape index (κ1) is 21.2. The quantitative estimate of drug-likeness (QED) is 0.515. The van der Waals surface area contributed by atoms with Crippen LogP contribution >= 0.6 is 0 Å². The number of carbonyl (C=O) groups is 3. The summed E-state index contributed by atoms with van der Waals surface area (Å²) in [4.78, 5) is 35.3. The zero-order valence-electron chi connectivity index (χ0n) is 15.6. The minimum absolute atomic E-state index is 0.0152. The van der Waals surface area contributed by atoms with E-state index in [-0.39, 0.29) is 18.6 Å². The van der Waals surface area contributed by atoms with Crippen molar-refractivity contribution in [2.45, 2.75) is 39.3 Å². The van der Waals surface area contributed by atoms with Crippen LogP contribution in [0.1, 0.15) is 32.8 Å². The summed E-state index contributed by atoms with van der Waals surface area (Å²) >= 11 is 0. The molecule has 0 aliphatic rings. The van der Waals surface area contributed by atoms with E-state index in [9.17, 15) is 14.4 Å². The molecule has 2 N–H and O–H groups in total. The lowest BCUT2D eigenvalue weighted by molar-refractivity contribution is -0.151. The first-order valence-electron chi connectivity index (χ1n) is 8.44. The maximum atomic E-state index is 11.9. The molecule has 0 heterocycles. The lowest BCUT2D eigenvalue weighted by atomic mass is 10.2. The van der Waals surface area contributed by atoms with Gasteiger partial charge in [-0.15, -0.1) is 0 Å². The van der Waals surface area contributed by atoms with E-state index in [1.807, 2.05) is 13.8 Å². The largest absolute Gasteiger partial charge is 0.497 e. The van der Waals surface area contributed by atoms with Gasteiger partial charge in [0.25, 0.3) is 5.91 Å². The molecule has 0 unspecified atom stereocenters. The Bertz CT molecular complexity index is 640. The molecule has 0 saturated heterocycles. The summed E-state index contributed by atoms with van der Waals surface area (Å²) in [6.07, 6.45) is 3.72. The van der Waals surface area contributed by atoms with Gasteiger partial charge in [-0.2, -0.15) is 0 Å². The van der Waals surface area contributed by atoms with Crippen LogP contribution in [0.2, 0.25) is 0 Å². The van der Waals surface area contributed by atoms with Gasteiger partial charge in [0, 0.05) is 12.1 Å². The normalized spacial score (nSPS) is 12.9. The zero-order chi connectivity index (χ0) is 19.5. The van der Waals surface area contributed by atoms with E-state index in [0.29, 0.717) is 0 Å². The summed E-state index contributed by atoms with van der Waals surface area (Å²) in [5, 5.41) is 5.18. The fourth-order valence-electron chi connectivity index (χ4n) is 1.89. The van der Waals surface area contributed by atoms with Crippen LogP contribution < -0.4 is 15.4 Å². The average molecular weight is 362 g/mol. The summed E-state index contributed by atoms with van der Waals surface area (Å²) < 4.78 is 9.95. The minimum Gasteiger partial charge on any atom is -0.497 e. The highest BCUT2D eigenvalue weighted by Crippen LogP contribution is 2.12. The van der Waals surface area contributed by atoms with Crippen molar-refractivity contribution >= 4 is 23.9 Å². The lowest BCUT2D eigenvalue weighted by Crippen LogP contribution is -2.41. The topological polar surface area (TPSA) is 93.7 Å². The molecule has 0 radical (unpaired) electrons. The van der Waals surface area contributed by atoms with E-state index in [1.54, 1.807) is 37.5 Å². The second-order valence-electron chi connectivity index (χ2n) is 5.82. The molecule has 0 aromatic heterocycles. The monoisotopic (exact) mass is 362 g/mol. The fourth-order valence-corrected chi connectivity index (χ4v) is 1.89. The molecule has 142 valence electrons.